The van der Waals surface area contributed by atoms with E-state index in [9.17, 15) is 18.0 Å². The molecule has 1 saturated heterocycles. The van der Waals surface area contributed by atoms with Crippen LogP contribution in [0.5, 0.6) is 0 Å². The Hall–Kier alpha value is -3.33. The van der Waals surface area contributed by atoms with Gasteiger partial charge in [-0.3, -0.25) is 9.69 Å². The van der Waals surface area contributed by atoms with Crippen LogP contribution < -0.4 is 10.2 Å². The monoisotopic (exact) mass is 471 g/mol. The number of aromatic nitrogens is 2. The molecule has 1 amide bonds. The van der Waals surface area contributed by atoms with Gasteiger partial charge in [0.15, 0.2) is 0 Å². The zero-order valence-electron chi connectivity index (χ0n) is 19.1. The first-order valence-electron chi connectivity index (χ1n) is 11.4. The first kappa shape index (κ1) is 23.8. The van der Waals surface area contributed by atoms with Crippen LogP contribution in [0.1, 0.15) is 28.0 Å². The van der Waals surface area contributed by atoms with Crippen molar-refractivity contribution < 1.29 is 18.0 Å². The molecule has 1 fully saturated rings. The predicted octanol–water partition coefficient (Wildman–Crippen LogP) is 4.14. The quantitative estimate of drug-likeness (QED) is 0.527. The zero-order valence-corrected chi connectivity index (χ0v) is 19.1. The van der Waals surface area contributed by atoms with E-state index >= 15 is 0 Å². The van der Waals surface area contributed by atoms with Crippen LogP contribution in [0.2, 0.25) is 0 Å². The van der Waals surface area contributed by atoms with Gasteiger partial charge in [0, 0.05) is 38.4 Å². The molecule has 0 bridgehead atoms. The third-order valence-corrected chi connectivity index (χ3v) is 6.10. The molecule has 1 aromatic heterocycles. The lowest BCUT2D eigenvalue weighted by molar-refractivity contribution is -0.137. The molecule has 0 atom stereocenters. The molecule has 0 spiro atoms. The van der Waals surface area contributed by atoms with Crippen molar-refractivity contribution in [2.45, 2.75) is 19.5 Å². The fraction of sp³-hybridized carbons (Fsp3) is 0.360. The summed E-state index contributed by atoms with van der Waals surface area (Å²) < 4.78 is 40.7. The average molecular weight is 472 g/mol. The highest BCUT2D eigenvalue weighted by Crippen LogP contribution is 2.31. The number of rotatable bonds is 7. The highest BCUT2D eigenvalue weighted by atomic mass is 19.4. The number of carbonyl (C=O) groups excluding carboxylic acids is 1. The van der Waals surface area contributed by atoms with Gasteiger partial charge in [-0.25, -0.2) is 4.68 Å². The standard InChI is InChI=1S/C25H28F3N5O/c1-19-23(18-30-33(19)21-8-3-2-4-9-21)24(34)29-11-6-12-31-13-15-32(16-14-31)22-10-5-7-20(17-22)25(26,27)28/h2-5,7-10,17-18H,6,11-16H2,1H3,(H,29,34). The van der Waals surface area contributed by atoms with Crippen LogP contribution in [-0.4, -0.2) is 59.9 Å². The maximum absolute atomic E-state index is 13.0. The van der Waals surface area contributed by atoms with Gasteiger partial charge in [0.05, 0.1) is 28.7 Å². The van der Waals surface area contributed by atoms with Gasteiger partial charge in [-0.05, 0) is 50.2 Å². The Kier molecular flexibility index (Phi) is 7.21. The number of alkyl halides is 3. The summed E-state index contributed by atoms with van der Waals surface area (Å²) in [7, 11) is 0. The molecule has 1 N–H and O–H groups in total. The van der Waals surface area contributed by atoms with Crippen LogP contribution in [0.3, 0.4) is 0 Å². The molecule has 0 aliphatic carbocycles. The number of nitrogens with zero attached hydrogens (tertiary/aromatic N) is 4. The van der Waals surface area contributed by atoms with Gasteiger partial charge in [-0.15, -0.1) is 0 Å². The van der Waals surface area contributed by atoms with E-state index in [0.717, 1.165) is 43.5 Å². The largest absolute Gasteiger partial charge is 0.416 e. The first-order chi connectivity index (χ1) is 16.3. The van der Waals surface area contributed by atoms with Gasteiger partial charge in [-0.2, -0.15) is 18.3 Å². The molecule has 2 heterocycles. The molecular weight excluding hydrogens is 443 g/mol. The van der Waals surface area contributed by atoms with Crippen molar-refractivity contribution in [3.05, 3.63) is 77.6 Å². The summed E-state index contributed by atoms with van der Waals surface area (Å²) in [5.74, 6) is -0.144. The normalized spacial score (nSPS) is 14.9. The van der Waals surface area contributed by atoms with Crippen LogP contribution in [0.15, 0.2) is 60.8 Å². The summed E-state index contributed by atoms with van der Waals surface area (Å²) >= 11 is 0. The van der Waals surface area contributed by atoms with E-state index in [1.165, 1.54) is 12.1 Å². The lowest BCUT2D eigenvalue weighted by Gasteiger charge is -2.36. The first-order valence-corrected chi connectivity index (χ1v) is 11.4. The van der Waals surface area contributed by atoms with Crippen molar-refractivity contribution in [3.63, 3.8) is 0 Å². The maximum Gasteiger partial charge on any atom is 0.416 e. The Balaban J connectivity index is 1.21. The lowest BCUT2D eigenvalue weighted by atomic mass is 10.1. The second-order valence-corrected chi connectivity index (χ2v) is 8.38. The van der Waals surface area contributed by atoms with Crippen molar-refractivity contribution in [1.82, 2.24) is 20.0 Å². The van der Waals surface area contributed by atoms with E-state index in [4.69, 9.17) is 0 Å². The molecule has 9 heteroatoms. The number of hydrogen-bond acceptors (Lipinski definition) is 4. The van der Waals surface area contributed by atoms with E-state index in [0.29, 0.717) is 30.9 Å². The highest BCUT2D eigenvalue weighted by Gasteiger charge is 2.31. The number of amides is 1. The average Bonchev–Trinajstić information content (AvgIpc) is 3.23. The summed E-state index contributed by atoms with van der Waals surface area (Å²) in [6, 6.07) is 15.2. The van der Waals surface area contributed by atoms with E-state index < -0.39 is 11.7 Å². The Bertz CT molecular complexity index is 1110. The highest BCUT2D eigenvalue weighted by molar-refractivity contribution is 5.95. The van der Waals surface area contributed by atoms with Gasteiger partial charge >= 0.3 is 6.18 Å². The van der Waals surface area contributed by atoms with Crippen molar-refractivity contribution in [3.8, 4) is 5.69 Å². The number of piperazine rings is 1. The number of benzene rings is 2. The zero-order chi connectivity index (χ0) is 24.1. The van der Waals surface area contributed by atoms with E-state index in [1.54, 1.807) is 16.9 Å². The van der Waals surface area contributed by atoms with Crippen molar-refractivity contribution in [2.75, 3.05) is 44.2 Å². The van der Waals surface area contributed by atoms with Crippen molar-refractivity contribution in [1.29, 1.82) is 0 Å². The van der Waals surface area contributed by atoms with Crippen LogP contribution in [-0.2, 0) is 6.18 Å². The molecule has 3 aromatic rings. The third kappa shape index (κ3) is 5.59. The summed E-state index contributed by atoms with van der Waals surface area (Å²) in [4.78, 5) is 16.9. The Morgan fingerprint density at radius 3 is 2.41 bits per heavy atom. The Labute approximate surface area is 197 Å². The minimum absolute atomic E-state index is 0.144. The van der Waals surface area contributed by atoms with Gasteiger partial charge < -0.3 is 10.2 Å². The molecule has 4 rings (SSSR count). The molecule has 34 heavy (non-hydrogen) atoms. The van der Waals surface area contributed by atoms with Crippen LogP contribution in [0.4, 0.5) is 18.9 Å². The summed E-state index contributed by atoms with van der Waals surface area (Å²) in [5.41, 5.74) is 2.23. The van der Waals surface area contributed by atoms with Gasteiger partial charge in [0.25, 0.3) is 5.91 Å². The second kappa shape index (κ2) is 10.3. The van der Waals surface area contributed by atoms with Crippen LogP contribution in [0.25, 0.3) is 5.69 Å². The lowest BCUT2D eigenvalue weighted by Crippen LogP contribution is -2.47. The molecule has 0 saturated carbocycles. The molecule has 1 aliphatic heterocycles. The summed E-state index contributed by atoms with van der Waals surface area (Å²) in [6.07, 6.45) is -1.95. The minimum Gasteiger partial charge on any atom is -0.369 e. The molecule has 180 valence electrons. The molecule has 1 aliphatic rings. The molecule has 2 aromatic carbocycles. The maximum atomic E-state index is 13.0. The number of para-hydroxylation sites is 1. The second-order valence-electron chi connectivity index (χ2n) is 8.38. The number of hydrogen-bond donors (Lipinski definition) is 1. The number of anilines is 1. The van der Waals surface area contributed by atoms with Crippen molar-refractivity contribution in [2.24, 2.45) is 0 Å². The smallest absolute Gasteiger partial charge is 0.369 e. The topological polar surface area (TPSA) is 53.4 Å². The van der Waals surface area contributed by atoms with Crippen LogP contribution >= 0.6 is 0 Å². The van der Waals surface area contributed by atoms with E-state index in [-0.39, 0.29) is 5.91 Å². The molecule has 6 nitrogen and oxygen atoms in total. The molecule has 0 unspecified atom stereocenters. The Morgan fingerprint density at radius 2 is 1.71 bits per heavy atom. The Morgan fingerprint density at radius 1 is 1.00 bits per heavy atom. The number of nitrogens with one attached hydrogen (secondary N) is 1. The molecule has 0 radical (unpaired) electrons. The number of halogens is 3. The minimum atomic E-state index is -4.33. The van der Waals surface area contributed by atoms with E-state index in [1.807, 2.05) is 42.2 Å². The van der Waals surface area contributed by atoms with Gasteiger partial charge in [0.1, 0.15) is 0 Å². The third-order valence-electron chi connectivity index (χ3n) is 6.10. The van der Waals surface area contributed by atoms with Crippen LogP contribution in [0, 0.1) is 6.92 Å². The molecular formula is C25H28F3N5O. The van der Waals surface area contributed by atoms with E-state index in [2.05, 4.69) is 15.3 Å². The fourth-order valence-electron chi connectivity index (χ4n) is 4.17. The van der Waals surface area contributed by atoms with Gasteiger partial charge in [-0.1, -0.05) is 24.3 Å². The SMILES string of the molecule is Cc1c(C(=O)NCCCN2CCN(c3cccc(C(F)(F)F)c3)CC2)cnn1-c1ccccc1. The van der Waals surface area contributed by atoms with Gasteiger partial charge in [0.2, 0.25) is 0 Å². The summed E-state index contributed by atoms with van der Waals surface area (Å²) in [5, 5.41) is 7.30. The fourth-order valence-corrected chi connectivity index (χ4v) is 4.17. The predicted molar refractivity (Wildman–Crippen MR) is 125 cm³/mol. The summed E-state index contributed by atoms with van der Waals surface area (Å²) in [6.45, 7) is 6.12. The number of carbonyl (C=O) groups is 1. The van der Waals surface area contributed by atoms with Crippen molar-refractivity contribution >= 4 is 11.6 Å².